The van der Waals surface area contributed by atoms with Gasteiger partial charge in [0.2, 0.25) is 0 Å². The number of nitrogens with zero attached hydrogens (tertiary/aromatic N) is 3. The minimum Gasteiger partial charge on any atom is -0.385 e. The van der Waals surface area contributed by atoms with Gasteiger partial charge in [-0.3, -0.25) is 4.98 Å². The highest BCUT2D eigenvalue weighted by atomic mass is 15.3. The van der Waals surface area contributed by atoms with Crippen LogP contribution in [0, 0.1) is 0 Å². The SMILES string of the molecule is CC(C)N1C(N)=C(Cc2ccccc2)C(N)=NC1c1ccccn1. The van der Waals surface area contributed by atoms with Gasteiger partial charge in [0.15, 0.2) is 6.17 Å². The number of hydrogen-bond donors (Lipinski definition) is 2. The summed E-state index contributed by atoms with van der Waals surface area (Å²) in [5.41, 5.74) is 15.7. The number of hydrogen-bond acceptors (Lipinski definition) is 5. The molecule has 0 amide bonds. The molecule has 1 aromatic heterocycles. The molecule has 24 heavy (non-hydrogen) atoms. The number of aromatic nitrogens is 1. The van der Waals surface area contributed by atoms with E-state index in [-0.39, 0.29) is 12.2 Å². The molecule has 0 fully saturated rings. The van der Waals surface area contributed by atoms with Crippen molar-refractivity contribution in [3.63, 3.8) is 0 Å². The third kappa shape index (κ3) is 3.11. The van der Waals surface area contributed by atoms with Crippen molar-refractivity contribution in [3.8, 4) is 0 Å². The summed E-state index contributed by atoms with van der Waals surface area (Å²) < 4.78 is 0. The fourth-order valence-electron chi connectivity index (χ4n) is 2.97. The van der Waals surface area contributed by atoms with Gasteiger partial charge in [-0.05, 0) is 31.5 Å². The number of benzene rings is 1. The zero-order valence-electron chi connectivity index (χ0n) is 14.1. The first-order valence-corrected chi connectivity index (χ1v) is 8.13. The molecule has 3 rings (SSSR count). The van der Waals surface area contributed by atoms with E-state index in [0.717, 1.165) is 16.8 Å². The first-order chi connectivity index (χ1) is 11.6. The maximum Gasteiger partial charge on any atom is 0.167 e. The molecule has 1 atom stereocenters. The molecule has 2 aromatic rings. The van der Waals surface area contributed by atoms with Crippen LogP contribution < -0.4 is 11.5 Å². The van der Waals surface area contributed by atoms with Crippen LogP contribution in [0.5, 0.6) is 0 Å². The first-order valence-electron chi connectivity index (χ1n) is 8.13. The second-order valence-electron chi connectivity index (χ2n) is 6.17. The number of nitrogens with two attached hydrogens (primary N) is 2. The van der Waals surface area contributed by atoms with Crippen LogP contribution in [0.3, 0.4) is 0 Å². The predicted molar refractivity (Wildman–Crippen MR) is 96.9 cm³/mol. The number of amidine groups is 1. The van der Waals surface area contributed by atoms with E-state index in [0.29, 0.717) is 18.1 Å². The largest absolute Gasteiger partial charge is 0.385 e. The molecule has 0 bridgehead atoms. The summed E-state index contributed by atoms with van der Waals surface area (Å²) in [5.74, 6) is 1.17. The van der Waals surface area contributed by atoms with E-state index in [4.69, 9.17) is 16.5 Å². The molecule has 1 aromatic carbocycles. The molecule has 0 saturated heterocycles. The lowest BCUT2D eigenvalue weighted by Gasteiger charge is -2.38. The first kappa shape index (κ1) is 16.1. The summed E-state index contributed by atoms with van der Waals surface area (Å²) in [6.07, 6.45) is 2.14. The quantitative estimate of drug-likeness (QED) is 0.907. The lowest BCUT2D eigenvalue weighted by Crippen LogP contribution is -2.43. The molecular formula is C19H23N5. The van der Waals surface area contributed by atoms with Crippen molar-refractivity contribution >= 4 is 5.84 Å². The van der Waals surface area contributed by atoms with Crippen LogP contribution in [0.1, 0.15) is 31.3 Å². The van der Waals surface area contributed by atoms with Crippen molar-refractivity contribution < 1.29 is 0 Å². The van der Waals surface area contributed by atoms with Crippen molar-refractivity contribution in [1.29, 1.82) is 0 Å². The van der Waals surface area contributed by atoms with Gasteiger partial charge in [-0.25, -0.2) is 4.99 Å². The molecule has 1 unspecified atom stereocenters. The monoisotopic (exact) mass is 321 g/mol. The van der Waals surface area contributed by atoms with E-state index in [2.05, 4.69) is 35.9 Å². The van der Waals surface area contributed by atoms with Crippen LogP contribution in [0.4, 0.5) is 0 Å². The minimum atomic E-state index is -0.286. The van der Waals surface area contributed by atoms with Crippen molar-refractivity contribution in [2.45, 2.75) is 32.5 Å². The van der Waals surface area contributed by atoms with Crippen molar-refractivity contribution in [1.82, 2.24) is 9.88 Å². The summed E-state index contributed by atoms with van der Waals surface area (Å²) in [6, 6.07) is 16.1. The number of aliphatic imine (C=N–C) groups is 1. The smallest absolute Gasteiger partial charge is 0.167 e. The van der Waals surface area contributed by atoms with Gasteiger partial charge in [0.25, 0.3) is 0 Å². The van der Waals surface area contributed by atoms with Gasteiger partial charge in [0, 0.05) is 24.2 Å². The summed E-state index contributed by atoms with van der Waals surface area (Å²) in [6.45, 7) is 4.19. The Morgan fingerprint density at radius 1 is 1.04 bits per heavy atom. The van der Waals surface area contributed by atoms with Crippen molar-refractivity contribution in [3.05, 3.63) is 77.4 Å². The third-order valence-corrected chi connectivity index (χ3v) is 4.15. The standard InChI is InChI=1S/C19H23N5/c1-13(2)24-18(21)15(12-14-8-4-3-5-9-14)17(20)23-19(24)16-10-6-7-11-22-16/h3-11,13,19H,12,21H2,1-2H3,(H2,20,23). The maximum atomic E-state index is 6.51. The van der Waals surface area contributed by atoms with E-state index in [1.807, 2.05) is 36.4 Å². The normalized spacial score (nSPS) is 18.0. The average molecular weight is 321 g/mol. The van der Waals surface area contributed by atoms with E-state index >= 15 is 0 Å². The van der Waals surface area contributed by atoms with Gasteiger partial charge in [0.05, 0.1) is 5.69 Å². The molecule has 0 spiro atoms. The number of pyridine rings is 1. The Morgan fingerprint density at radius 3 is 2.38 bits per heavy atom. The van der Waals surface area contributed by atoms with Gasteiger partial charge in [-0.2, -0.15) is 0 Å². The summed E-state index contributed by atoms with van der Waals surface area (Å²) >= 11 is 0. The Balaban J connectivity index is 1.99. The molecule has 5 nitrogen and oxygen atoms in total. The molecule has 5 heteroatoms. The van der Waals surface area contributed by atoms with Crippen LogP contribution in [0.15, 0.2) is 71.1 Å². The van der Waals surface area contributed by atoms with E-state index < -0.39 is 0 Å². The Bertz CT molecular complexity index is 750. The van der Waals surface area contributed by atoms with Crippen LogP contribution in [0.25, 0.3) is 0 Å². The van der Waals surface area contributed by atoms with Crippen molar-refractivity contribution in [2.24, 2.45) is 16.5 Å². The Kier molecular flexibility index (Phi) is 4.51. The average Bonchev–Trinajstić information content (AvgIpc) is 2.59. The lowest BCUT2D eigenvalue weighted by atomic mass is 10.0. The molecule has 0 aliphatic carbocycles. The van der Waals surface area contributed by atoms with Gasteiger partial charge in [-0.1, -0.05) is 36.4 Å². The minimum absolute atomic E-state index is 0.180. The fraction of sp³-hybridized carbons (Fsp3) is 0.263. The molecule has 1 aliphatic rings. The number of rotatable bonds is 4. The van der Waals surface area contributed by atoms with Gasteiger partial charge < -0.3 is 16.4 Å². The van der Waals surface area contributed by atoms with E-state index in [9.17, 15) is 0 Å². The van der Waals surface area contributed by atoms with E-state index in [1.54, 1.807) is 6.20 Å². The van der Waals surface area contributed by atoms with Crippen LogP contribution in [0.2, 0.25) is 0 Å². The lowest BCUT2D eigenvalue weighted by molar-refractivity contribution is 0.200. The predicted octanol–water partition coefficient (Wildman–Crippen LogP) is 2.57. The molecule has 124 valence electrons. The van der Waals surface area contributed by atoms with Crippen LogP contribution in [-0.2, 0) is 6.42 Å². The third-order valence-electron chi connectivity index (χ3n) is 4.15. The van der Waals surface area contributed by atoms with Crippen LogP contribution >= 0.6 is 0 Å². The molecule has 2 heterocycles. The Labute approximate surface area is 142 Å². The zero-order chi connectivity index (χ0) is 17.1. The highest BCUT2D eigenvalue weighted by Crippen LogP contribution is 2.31. The van der Waals surface area contributed by atoms with Gasteiger partial charge in [-0.15, -0.1) is 0 Å². The second-order valence-corrected chi connectivity index (χ2v) is 6.17. The highest BCUT2D eigenvalue weighted by Gasteiger charge is 2.31. The second kappa shape index (κ2) is 6.74. The van der Waals surface area contributed by atoms with Gasteiger partial charge >= 0.3 is 0 Å². The topological polar surface area (TPSA) is 80.5 Å². The van der Waals surface area contributed by atoms with Crippen molar-refractivity contribution in [2.75, 3.05) is 0 Å². The summed E-state index contributed by atoms with van der Waals surface area (Å²) in [5, 5.41) is 0. The Hall–Kier alpha value is -2.82. The summed E-state index contributed by atoms with van der Waals surface area (Å²) in [7, 11) is 0. The summed E-state index contributed by atoms with van der Waals surface area (Å²) in [4.78, 5) is 11.2. The van der Waals surface area contributed by atoms with Gasteiger partial charge in [0.1, 0.15) is 11.7 Å². The molecule has 4 N–H and O–H groups in total. The molecule has 1 aliphatic heterocycles. The zero-order valence-corrected chi connectivity index (χ0v) is 14.1. The molecular weight excluding hydrogens is 298 g/mol. The molecule has 0 saturated carbocycles. The highest BCUT2D eigenvalue weighted by molar-refractivity contribution is 5.98. The fourth-order valence-corrected chi connectivity index (χ4v) is 2.97. The Morgan fingerprint density at radius 2 is 1.75 bits per heavy atom. The maximum absolute atomic E-state index is 6.51. The van der Waals surface area contributed by atoms with E-state index in [1.165, 1.54) is 0 Å². The van der Waals surface area contributed by atoms with Crippen LogP contribution in [-0.4, -0.2) is 21.8 Å². The molecule has 0 radical (unpaired) electrons.